The van der Waals surface area contributed by atoms with E-state index >= 15 is 0 Å². The summed E-state index contributed by atoms with van der Waals surface area (Å²) in [5.41, 5.74) is 1.34. The molecule has 0 fully saturated rings. The first kappa shape index (κ1) is 17.8. The van der Waals surface area contributed by atoms with Crippen molar-refractivity contribution in [1.29, 1.82) is 0 Å². The number of hydrogen-bond donors (Lipinski definition) is 2. The third kappa shape index (κ3) is 4.71. The predicted octanol–water partition coefficient (Wildman–Crippen LogP) is 3.19. The normalized spacial score (nSPS) is 10.1. The van der Waals surface area contributed by atoms with E-state index in [4.69, 9.17) is 21.1 Å². The summed E-state index contributed by atoms with van der Waals surface area (Å²) in [6.07, 6.45) is 0. The largest absolute Gasteiger partial charge is 0.497 e. The fourth-order valence-corrected chi connectivity index (χ4v) is 2.12. The molecule has 0 heterocycles. The molecule has 6 nitrogen and oxygen atoms in total. The number of halogens is 1. The maximum absolute atomic E-state index is 12.3. The summed E-state index contributed by atoms with van der Waals surface area (Å²) >= 11 is 6.04. The lowest BCUT2D eigenvalue weighted by atomic mass is 10.1. The molecule has 2 N–H and O–H groups in total. The van der Waals surface area contributed by atoms with Gasteiger partial charge in [0.25, 0.3) is 5.91 Å². The molecule has 2 aromatic carbocycles. The van der Waals surface area contributed by atoms with E-state index in [1.54, 1.807) is 43.5 Å². The molecule has 0 aromatic heterocycles. The zero-order chi connectivity index (χ0) is 17.5. The molecule has 0 saturated carbocycles. The quantitative estimate of drug-likeness (QED) is 0.840. The molecule has 2 aromatic rings. The number of amides is 2. The molecule has 0 atom stereocenters. The molecule has 0 aliphatic rings. The zero-order valence-electron chi connectivity index (χ0n) is 13.3. The van der Waals surface area contributed by atoms with Crippen LogP contribution in [0.4, 0.5) is 11.4 Å². The van der Waals surface area contributed by atoms with Crippen LogP contribution >= 0.6 is 11.6 Å². The highest BCUT2D eigenvalue weighted by Gasteiger charge is 2.11. The van der Waals surface area contributed by atoms with Crippen molar-refractivity contribution in [2.45, 2.75) is 0 Å². The van der Waals surface area contributed by atoms with E-state index in [0.29, 0.717) is 27.7 Å². The molecular formula is C17H17ClN2O4. The highest BCUT2D eigenvalue weighted by molar-refractivity contribution is 6.34. The van der Waals surface area contributed by atoms with Gasteiger partial charge in [-0.25, -0.2) is 0 Å². The fraction of sp³-hybridized carbons (Fsp3) is 0.176. The molecule has 0 unspecified atom stereocenters. The summed E-state index contributed by atoms with van der Waals surface area (Å²) in [4.78, 5) is 23.9. The third-order valence-electron chi connectivity index (χ3n) is 3.13. The first-order valence-electron chi connectivity index (χ1n) is 7.07. The molecule has 0 aliphatic carbocycles. The van der Waals surface area contributed by atoms with Gasteiger partial charge in [0.05, 0.1) is 17.8 Å². The van der Waals surface area contributed by atoms with Gasteiger partial charge >= 0.3 is 0 Å². The Kier molecular flexibility index (Phi) is 6.17. The maximum atomic E-state index is 12.3. The van der Waals surface area contributed by atoms with Crippen molar-refractivity contribution in [1.82, 2.24) is 0 Å². The van der Waals surface area contributed by atoms with E-state index in [1.807, 2.05) is 0 Å². The predicted molar refractivity (Wildman–Crippen MR) is 92.9 cm³/mol. The number of nitrogens with one attached hydrogen (secondary N) is 2. The monoisotopic (exact) mass is 348 g/mol. The molecule has 2 rings (SSSR count). The molecule has 7 heteroatoms. The van der Waals surface area contributed by atoms with Gasteiger partial charge in [-0.1, -0.05) is 11.6 Å². The second kappa shape index (κ2) is 8.33. The smallest absolute Gasteiger partial charge is 0.255 e. The lowest BCUT2D eigenvalue weighted by Crippen LogP contribution is -2.18. The molecule has 0 saturated heterocycles. The molecule has 24 heavy (non-hydrogen) atoms. The molecular weight excluding hydrogens is 332 g/mol. The SMILES string of the molecule is COCC(=O)Nc1cc(C(=O)Nc2ccc(OC)cc2)ccc1Cl. The second-order valence-electron chi connectivity index (χ2n) is 4.86. The van der Waals surface area contributed by atoms with E-state index in [0.717, 1.165) is 0 Å². The Morgan fingerprint density at radius 2 is 1.75 bits per heavy atom. The standard InChI is InChI=1S/C17H17ClN2O4/c1-23-10-16(21)20-15-9-11(3-8-14(15)18)17(22)19-12-4-6-13(24-2)7-5-12/h3-9H,10H2,1-2H3,(H,19,22)(H,20,21). The number of rotatable bonds is 6. The van der Waals surface area contributed by atoms with Crippen LogP contribution in [0.5, 0.6) is 5.75 Å². The van der Waals surface area contributed by atoms with Crippen molar-refractivity contribution in [3.63, 3.8) is 0 Å². The second-order valence-corrected chi connectivity index (χ2v) is 5.27. The van der Waals surface area contributed by atoms with Crippen LogP contribution in [0, 0.1) is 0 Å². The molecule has 2 amide bonds. The Balaban J connectivity index is 2.12. The highest BCUT2D eigenvalue weighted by atomic mass is 35.5. The average Bonchev–Trinajstić information content (AvgIpc) is 2.57. The number of ether oxygens (including phenoxy) is 2. The summed E-state index contributed by atoms with van der Waals surface area (Å²) < 4.78 is 9.81. The van der Waals surface area contributed by atoms with Crippen LogP contribution in [0.3, 0.4) is 0 Å². The van der Waals surface area contributed by atoms with Crippen LogP contribution < -0.4 is 15.4 Å². The third-order valence-corrected chi connectivity index (χ3v) is 3.46. The first-order chi connectivity index (χ1) is 11.5. The topological polar surface area (TPSA) is 76.7 Å². The van der Waals surface area contributed by atoms with Crippen molar-refractivity contribution in [3.05, 3.63) is 53.1 Å². The number of carbonyl (C=O) groups excluding carboxylic acids is 2. The molecule has 0 bridgehead atoms. The van der Waals surface area contributed by atoms with Crippen LogP contribution in [-0.2, 0) is 9.53 Å². The van der Waals surface area contributed by atoms with Gasteiger partial charge in [-0.3, -0.25) is 9.59 Å². The van der Waals surface area contributed by atoms with E-state index < -0.39 is 0 Å². The van der Waals surface area contributed by atoms with Gasteiger partial charge in [0.15, 0.2) is 0 Å². The Morgan fingerprint density at radius 3 is 2.38 bits per heavy atom. The Labute approximate surface area is 144 Å². The fourth-order valence-electron chi connectivity index (χ4n) is 1.96. The number of carbonyl (C=O) groups is 2. The Hall–Kier alpha value is -2.57. The van der Waals surface area contributed by atoms with Gasteiger partial charge in [-0.2, -0.15) is 0 Å². The van der Waals surface area contributed by atoms with Crippen LogP contribution in [0.1, 0.15) is 10.4 Å². The van der Waals surface area contributed by atoms with Crippen molar-refractivity contribution < 1.29 is 19.1 Å². The van der Waals surface area contributed by atoms with Gasteiger partial charge in [-0.05, 0) is 42.5 Å². The zero-order valence-corrected chi connectivity index (χ0v) is 14.0. The van der Waals surface area contributed by atoms with Gasteiger partial charge in [0, 0.05) is 18.4 Å². The molecule has 0 aliphatic heterocycles. The van der Waals surface area contributed by atoms with Crippen LogP contribution in [0.2, 0.25) is 5.02 Å². The van der Waals surface area contributed by atoms with Crippen LogP contribution in [-0.4, -0.2) is 32.6 Å². The van der Waals surface area contributed by atoms with Gasteiger partial charge in [-0.15, -0.1) is 0 Å². The van der Waals surface area contributed by atoms with E-state index in [2.05, 4.69) is 10.6 Å². The van der Waals surface area contributed by atoms with Crippen molar-refractivity contribution >= 4 is 34.8 Å². The number of anilines is 2. The lowest BCUT2D eigenvalue weighted by molar-refractivity contribution is -0.119. The summed E-state index contributed by atoms with van der Waals surface area (Å²) in [5, 5.41) is 5.69. The van der Waals surface area contributed by atoms with Crippen molar-refractivity contribution in [2.24, 2.45) is 0 Å². The number of methoxy groups -OCH3 is 2. The maximum Gasteiger partial charge on any atom is 0.255 e. The minimum absolute atomic E-state index is 0.0986. The highest BCUT2D eigenvalue weighted by Crippen LogP contribution is 2.24. The van der Waals surface area contributed by atoms with Gasteiger partial charge in [0.2, 0.25) is 5.91 Å². The Bertz CT molecular complexity index is 732. The minimum Gasteiger partial charge on any atom is -0.497 e. The van der Waals surface area contributed by atoms with Crippen molar-refractivity contribution in [2.75, 3.05) is 31.5 Å². The minimum atomic E-state index is -0.355. The van der Waals surface area contributed by atoms with Crippen LogP contribution in [0.15, 0.2) is 42.5 Å². The molecule has 0 radical (unpaired) electrons. The number of benzene rings is 2. The van der Waals surface area contributed by atoms with Gasteiger partial charge in [0.1, 0.15) is 12.4 Å². The molecule has 0 spiro atoms. The molecule has 126 valence electrons. The van der Waals surface area contributed by atoms with Crippen LogP contribution in [0.25, 0.3) is 0 Å². The Morgan fingerprint density at radius 1 is 1.04 bits per heavy atom. The van der Waals surface area contributed by atoms with E-state index in [1.165, 1.54) is 13.2 Å². The summed E-state index contributed by atoms with van der Waals surface area (Å²) in [6.45, 7) is -0.0986. The summed E-state index contributed by atoms with van der Waals surface area (Å²) in [6, 6.07) is 11.6. The summed E-state index contributed by atoms with van der Waals surface area (Å²) in [7, 11) is 2.99. The van der Waals surface area contributed by atoms with Gasteiger partial charge < -0.3 is 20.1 Å². The number of hydrogen-bond acceptors (Lipinski definition) is 4. The van der Waals surface area contributed by atoms with E-state index in [-0.39, 0.29) is 18.4 Å². The van der Waals surface area contributed by atoms with Crippen molar-refractivity contribution in [3.8, 4) is 5.75 Å². The lowest BCUT2D eigenvalue weighted by Gasteiger charge is -2.10. The first-order valence-corrected chi connectivity index (χ1v) is 7.45. The average molecular weight is 349 g/mol. The summed E-state index contributed by atoms with van der Waals surface area (Å²) in [5.74, 6) is 0.0221. The van der Waals surface area contributed by atoms with E-state index in [9.17, 15) is 9.59 Å².